The van der Waals surface area contributed by atoms with Gasteiger partial charge in [0.25, 0.3) is 5.91 Å². The van der Waals surface area contributed by atoms with E-state index < -0.39 is 12.1 Å². The van der Waals surface area contributed by atoms with Crippen molar-refractivity contribution in [2.24, 2.45) is 0 Å². The fourth-order valence-electron chi connectivity index (χ4n) is 2.94. The lowest BCUT2D eigenvalue weighted by Gasteiger charge is -2.16. The Labute approximate surface area is 144 Å². The molecule has 1 amide bonds. The number of amides is 1. The zero-order chi connectivity index (χ0) is 17.5. The van der Waals surface area contributed by atoms with Crippen LogP contribution in [0.5, 0.6) is 0 Å². The number of hydrogen-bond donors (Lipinski definition) is 1. The van der Waals surface area contributed by atoms with Crippen LogP contribution in [0.1, 0.15) is 60.5 Å². The van der Waals surface area contributed by atoms with Gasteiger partial charge in [-0.2, -0.15) is 0 Å². The molecule has 0 radical (unpaired) electrons. The molecule has 4 heteroatoms. The maximum absolute atomic E-state index is 12.2. The summed E-state index contributed by atoms with van der Waals surface area (Å²) in [6.45, 7) is 6.04. The number of carbonyl (C=O) groups excluding carboxylic acids is 2. The summed E-state index contributed by atoms with van der Waals surface area (Å²) in [5.41, 5.74) is 3.87. The molecular formula is C20H27NO3. The predicted octanol–water partition coefficient (Wildman–Crippen LogP) is 3.86. The number of carbonyl (C=O) groups is 2. The molecule has 1 aromatic carbocycles. The summed E-state index contributed by atoms with van der Waals surface area (Å²) in [5, 5.41) is 2.85. The van der Waals surface area contributed by atoms with Gasteiger partial charge >= 0.3 is 5.97 Å². The number of aryl methyl sites for hydroxylation is 2. The highest BCUT2D eigenvalue weighted by Crippen LogP contribution is 2.19. The van der Waals surface area contributed by atoms with Gasteiger partial charge in [0.05, 0.1) is 5.56 Å². The molecule has 0 saturated heterocycles. The lowest BCUT2D eigenvalue weighted by Crippen LogP contribution is -2.36. The van der Waals surface area contributed by atoms with Crippen molar-refractivity contribution in [1.29, 1.82) is 0 Å². The summed E-state index contributed by atoms with van der Waals surface area (Å²) in [7, 11) is 0. The van der Waals surface area contributed by atoms with Gasteiger partial charge in [0, 0.05) is 6.54 Å². The standard InChI is InChI=1S/C20H27NO3/c1-14-9-10-18(15(2)13-14)20(23)24-16(3)19(22)21-12-11-17-7-5-4-6-8-17/h7,9-10,13,16H,4-6,8,11-12H2,1-3H3,(H,21,22)/t16-/m1/s1. The number of rotatable bonds is 6. The lowest BCUT2D eigenvalue weighted by atomic mass is 9.97. The van der Waals surface area contributed by atoms with Crippen LogP contribution in [0.2, 0.25) is 0 Å². The van der Waals surface area contributed by atoms with Gasteiger partial charge < -0.3 is 10.1 Å². The van der Waals surface area contributed by atoms with Gasteiger partial charge in [-0.05, 0) is 64.5 Å². The topological polar surface area (TPSA) is 55.4 Å². The zero-order valence-electron chi connectivity index (χ0n) is 14.9. The molecule has 0 fully saturated rings. The molecule has 0 bridgehead atoms. The molecule has 1 aliphatic rings. The van der Waals surface area contributed by atoms with Crippen molar-refractivity contribution in [3.8, 4) is 0 Å². The van der Waals surface area contributed by atoms with Gasteiger partial charge in [0.2, 0.25) is 0 Å². The van der Waals surface area contributed by atoms with Gasteiger partial charge in [-0.3, -0.25) is 4.79 Å². The van der Waals surface area contributed by atoms with Crippen LogP contribution in [-0.2, 0) is 9.53 Å². The van der Waals surface area contributed by atoms with Crippen LogP contribution < -0.4 is 5.32 Å². The Morgan fingerprint density at radius 2 is 2.04 bits per heavy atom. The molecule has 24 heavy (non-hydrogen) atoms. The van der Waals surface area contributed by atoms with Crippen LogP contribution >= 0.6 is 0 Å². The number of ether oxygens (including phenoxy) is 1. The molecule has 0 unspecified atom stereocenters. The van der Waals surface area contributed by atoms with E-state index in [1.807, 2.05) is 26.0 Å². The van der Waals surface area contributed by atoms with Crippen molar-refractivity contribution in [3.63, 3.8) is 0 Å². The Kier molecular flexibility index (Phi) is 6.59. The van der Waals surface area contributed by atoms with Crippen LogP contribution in [0.15, 0.2) is 29.8 Å². The molecule has 0 spiro atoms. The van der Waals surface area contributed by atoms with Crippen LogP contribution in [-0.4, -0.2) is 24.5 Å². The maximum Gasteiger partial charge on any atom is 0.339 e. The highest BCUT2D eigenvalue weighted by atomic mass is 16.5. The number of allylic oxidation sites excluding steroid dienone is 1. The average molecular weight is 329 g/mol. The molecule has 2 rings (SSSR count). The average Bonchev–Trinajstić information content (AvgIpc) is 2.55. The van der Waals surface area contributed by atoms with E-state index in [-0.39, 0.29) is 5.91 Å². The molecule has 130 valence electrons. The molecule has 4 nitrogen and oxygen atoms in total. The van der Waals surface area contributed by atoms with Crippen molar-refractivity contribution in [2.75, 3.05) is 6.54 Å². The quantitative estimate of drug-likeness (QED) is 0.637. The first kappa shape index (κ1) is 18.2. The fraction of sp³-hybridized carbons (Fsp3) is 0.500. The number of benzene rings is 1. The summed E-state index contributed by atoms with van der Waals surface area (Å²) in [6.07, 6.45) is 7.15. The SMILES string of the molecule is Cc1ccc(C(=O)O[C@H](C)C(=O)NCCC2=CCCCC2)c(C)c1. The van der Waals surface area contributed by atoms with Crippen molar-refractivity contribution >= 4 is 11.9 Å². The van der Waals surface area contributed by atoms with E-state index in [4.69, 9.17) is 4.74 Å². The third kappa shape index (κ3) is 5.22. The Bertz CT molecular complexity index is 634. The Hall–Kier alpha value is -2.10. The van der Waals surface area contributed by atoms with Crippen molar-refractivity contribution in [2.45, 2.75) is 59.0 Å². The molecule has 0 aromatic heterocycles. The second-order valence-electron chi connectivity index (χ2n) is 6.52. The van der Waals surface area contributed by atoms with Gasteiger partial charge in [-0.25, -0.2) is 4.79 Å². The highest BCUT2D eigenvalue weighted by Gasteiger charge is 2.19. The summed E-state index contributed by atoms with van der Waals surface area (Å²) >= 11 is 0. The van der Waals surface area contributed by atoms with Crippen molar-refractivity contribution in [3.05, 3.63) is 46.5 Å². The maximum atomic E-state index is 12.2. The summed E-state index contributed by atoms with van der Waals surface area (Å²) in [6, 6.07) is 5.54. The fourth-order valence-corrected chi connectivity index (χ4v) is 2.94. The minimum absolute atomic E-state index is 0.246. The second-order valence-corrected chi connectivity index (χ2v) is 6.52. The molecule has 1 atom stereocenters. The van der Waals surface area contributed by atoms with Crippen LogP contribution in [0.4, 0.5) is 0 Å². The molecule has 1 aliphatic carbocycles. The monoisotopic (exact) mass is 329 g/mol. The number of nitrogens with one attached hydrogen (secondary N) is 1. The smallest absolute Gasteiger partial charge is 0.339 e. The largest absolute Gasteiger partial charge is 0.449 e. The van der Waals surface area contributed by atoms with E-state index in [9.17, 15) is 9.59 Å². The van der Waals surface area contributed by atoms with E-state index in [2.05, 4.69) is 11.4 Å². The molecular weight excluding hydrogens is 302 g/mol. The molecule has 1 aromatic rings. The zero-order valence-corrected chi connectivity index (χ0v) is 14.9. The second kappa shape index (κ2) is 8.67. The molecule has 0 heterocycles. The number of hydrogen-bond acceptors (Lipinski definition) is 3. The van der Waals surface area contributed by atoms with Crippen LogP contribution in [0.3, 0.4) is 0 Å². The van der Waals surface area contributed by atoms with Crippen molar-refractivity contribution in [1.82, 2.24) is 5.32 Å². The Morgan fingerprint density at radius 1 is 1.25 bits per heavy atom. The van der Waals surface area contributed by atoms with Gasteiger partial charge in [-0.1, -0.05) is 29.3 Å². The Morgan fingerprint density at radius 3 is 2.71 bits per heavy atom. The third-order valence-electron chi connectivity index (χ3n) is 4.39. The first-order chi connectivity index (χ1) is 11.5. The summed E-state index contributed by atoms with van der Waals surface area (Å²) in [5.74, 6) is -0.699. The van der Waals surface area contributed by atoms with E-state index in [0.29, 0.717) is 12.1 Å². The van der Waals surface area contributed by atoms with Gasteiger partial charge in [0.1, 0.15) is 0 Å². The van der Waals surface area contributed by atoms with E-state index >= 15 is 0 Å². The highest BCUT2D eigenvalue weighted by molar-refractivity contribution is 5.93. The van der Waals surface area contributed by atoms with E-state index in [1.54, 1.807) is 13.0 Å². The van der Waals surface area contributed by atoms with E-state index in [0.717, 1.165) is 30.4 Å². The third-order valence-corrected chi connectivity index (χ3v) is 4.39. The molecule has 0 saturated carbocycles. The van der Waals surface area contributed by atoms with Gasteiger partial charge in [-0.15, -0.1) is 0 Å². The summed E-state index contributed by atoms with van der Waals surface area (Å²) < 4.78 is 5.30. The van der Waals surface area contributed by atoms with Crippen LogP contribution in [0, 0.1) is 13.8 Å². The molecule has 0 aliphatic heterocycles. The minimum Gasteiger partial charge on any atom is -0.449 e. The first-order valence-corrected chi connectivity index (χ1v) is 8.71. The minimum atomic E-state index is -0.793. The number of esters is 1. The van der Waals surface area contributed by atoms with E-state index in [1.165, 1.54) is 18.4 Å². The Balaban J connectivity index is 1.80. The summed E-state index contributed by atoms with van der Waals surface area (Å²) in [4.78, 5) is 24.3. The molecule has 1 N–H and O–H groups in total. The van der Waals surface area contributed by atoms with Crippen LogP contribution in [0.25, 0.3) is 0 Å². The van der Waals surface area contributed by atoms with Gasteiger partial charge in [0.15, 0.2) is 6.10 Å². The predicted molar refractivity (Wildman–Crippen MR) is 95.0 cm³/mol. The lowest BCUT2D eigenvalue weighted by molar-refractivity contribution is -0.129. The first-order valence-electron chi connectivity index (χ1n) is 8.71. The normalized spacial score (nSPS) is 15.4. The van der Waals surface area contributed by atoms with Crippen molar-refractivity contribution < 1.29 is 14.3 Å².